The zero-order chi connectivity index (χ0) is 17.9. The van der Waals surface area contributed by atoms with Crippen LogP contribution in [0.25, 0.3) is 0 Å². The minimum Gasteiger partial charge on any atom is -0.324 e. The van der Waals surface area contributed by atoms with Crippen LogP contribution in [0.2, 0.25) is 0 Å². The van der Waals surface area contributed by atoms with Gasteiger partial charge in [-0.25, -0.2) is 0 Å². The van der Waals surface area contributed by atoms with Crippen LogP contribution in [0.15, 0.2) is 18.2 Å². The van der Waals surface area contributed by atoms with Gasteiger partial charge in [0.15, 0.2) is 0 Å². The predicted octanol–water partition coefficient (Wildman–Crippen LogP) is 2.66. The molecule has 1 N–H and O–H groups in total. The van der Waals surface area contributed by atoms with Crippen LogP contribution in [-0.2, 0) is 14.4 Å². The van der Waals surface area contributed by atoms with Gasteiger partial charge in [-0.1, -0.05) is 6.07 Å². The summed E-state index contributed by atoms with van der Waals surface area (Å²) in [6, 6.07) is 4.92. The number of aryl methyl sites for hydroxylation is 2. The number of rotatable bonds is 3. The van der Waals surface area contributed by atoms with E-state index in [0.29, 0.717) is 17.5 Å². The van der Waals surface area contributed by atoms with Crippen LogP contribution >= 0.6 is 0 Å². The lowest BCUT2D eigenvalue weighted by Gasteiger charge is -2.24. The van der Waals surface area contributed by atoms with E-state index in [1.165, 1.54) is 4.90 Å². The molecule has 0 unspecified atom stereocenters. The van der Waals surface area contributed by atoms with Crippen molar-refractivity contribution in [3.05, 3.63) is 29.3 Å². The van der Waals surface area contributed by atoms with Crippen molar-refractivity contribution in [2.45, 2.75) is 46.1 Å². The van der Waals surface area contributed by atoms with Gasteiger partial charge in [-0.3, -0.25) is 19.3 Å². The molecule has 1 saturated heterocycles. The third-order valence-corrected chi connectivity index (χ3v) is 6.50. The number of imide groups is 1. The van der Waals surface area contributed by atoms with E-state index >= 15 is 0 Å². The Morgan fingerprint density at radius 1 is 1.08 bits per heavy atom. The van der Waals surface area contributed by atoms with E-state index < -0.39 is 6.04 Å². The number of nitrogens with zero attached hydrogens (tertiary/aromatic N) is 1. The Labute approximate surface area is 147 Å². The molecule has 1 aromatic carbocycles. The van der Waals surface area contributed by atoms with E-state index in [0.717, 1.165) is 30.4 Å². The largest absolute Gasteiger partial charge is 0.324 e. The molecule has 0 aromatic heterocycles. The van der Waals surface area contributed by atoms with Crippen LogP contribution in [-0.4, -0.2) is 28.7 Å². The van der Waals surface area contributed by atoms with Crippen LogP contribution in [0, 0.1) is 37.5 Å². The molecule has 4 rings (SSSR count). The average molecular weight is 340 g/mol. The van der Waals surface area contributed by atoms with Gasteiger partial charge in [0.25, 0.3) is 0 Å². The lowest BCUT2D eigenvalue weighted by molar-refractivity contribution is -0.146. The number of fused-ring (bicyclic) bond motifs is 5. The normalized spacial score (nSPS) is 31.4. The topological polar surface area (TPSA) is 66.5 Å². The zero-order valence-corrected chi connectivity index (χ0v) is 14.9. The maximum absolute atomic E-state index is 12.8. The number of nitrogens with one attached hydrogen (secondary N) is 1. The summed E-state index contributed by atoms with van der Waals surface area (Å²) < 4.78 is 0. The Kier molecular flexibility index (Phi) is 3.71. The number of carbonyl (C=O) groups is 3. The highest BCUT2D eigenvalue weighted by atomic mass is 16.2. The van der Waals surface area contributed by atoms with E-state index in [9.17, 15) is 14.4 Å². The summed E-state index contributed by atoms with van der Waals surface area (Å²) in [7, 11) is 0. The minimum absolute atomic E-state index is 0.134. The SMILES string of the molecule is Cc1ccc(NC(=O)[C@H](C)N2C(=O)[C@@H]3[C@H]4CC[C@@H](C4)[C@@H]3C2=O)cc1C. The smallest absolute Gasteiger partial charge is 0.247 e. The van der Waals surface area contributed by atoms with E-state index in [2.05, 4.69) is 5.32 Å². The molecule has 5 heteroatoms. The van der Waals surface area contributed by atoms with Gasteiger partial charge in [0, 0.05) is 5.69 Å². The van der Waals surface area contributed by atoms with E-state index in [-0.39, 0.29) is 29.6 Å². The molecule has 1 aromatic rings. The molecule has 2 bridgehead atoms. The van der Waals surface area contributed by atoms with Crippen molar-refractivity contribution < 1.29 is 14.4 Å². The number of amides is 3. The molecule has 3 aliphatic rings. The fraction of sp³-hybridized carbons (Fsp3) is 0.550. The second-order valence-corrected chi connectivity index (χ2v) is 7.90. The first-order valence-electron chi connectivity index (χ1n) is 9.13. The highest BCUT2D eigenvalue weighted by Crippen LogP contribution is 2.56. The van der Waals surface area contributed by atoms with Crippen molar-refractivity contribution in [3.63, 3.8) is 0 Å². The van der Waals surface area contributed by atoms with Crippen LogP contribution < -0.4 is 5.32 Å². The van der Waals surface area contributed by atoms with Gasteiger partial charge in [-0.05, 0) is 75.1 Å². The molecule has 3 fully saturated rings. The summed E-state index contributed by atoms with van der Waals surface area (Å²) >= 11 is 0. The third-order valence-electron chi connectivity index (χ3n) is 6.50. The molecule has 1 heterocycles. The van der Waals surface area contributed by atoms with E-state index in [4.69, 9.17) is 0 Å². The Balaban J connectivity index is 1.51. The van der Waals surface area contributed by atoms with Gasteiger partial charge >= 0.3 is 0 Å². The fourth-order valence-electron chi connectivity index (χ4n) is 5.00. The van der Waals surface area contributed by atoms with Crippen molar-refractivity contribution >= 4 is 23.4 Å². The van der Waals surface area contributed by atoms with Crippen LogP contribution in [0.5, 0.6) is 0 Å². The molecule has 132 valence electrons. The van der Waals surface area contributed by atoms with Gasteiger partial charge < -0.3 is 5.32 Å². The molecule has 2 aliphatic carbocycles. The minimum atomic E-state index is -0.772. The third kappa shape index (κ3) is 2.40. The average Bonchev–Trinajstić information content (AvgIpc) is 3.24. The summed E-state index contributed by atoms with van der Waals surface area (Å²) in [6.45, 7) is 5.65. The fourth-order valence-corrected chi connectivity index (χ4v) is 5.00. The lowest BCUT2D eigenvalue weighted by Crippen LogP contribution is -2.46. The summed E-state index contributed by atoms with van der Waals surface area (Å²) in [6.07, 6.45) is 3.09. The first-order chi connectivity index (χ1) is 11.9. The molecule has 0 radical (unpaired) electrons. The number of anilines is 1. The second-order valence-electron chi connectivity index (χ2n) is 7.90. The molecule has 25 heavy (non-hydrogen) atoms. The molecule has 0 spiro atoms. The molecule has 5 nitrogen and oxygen atoms in total. The van der Waals surface area contributed by atoms with Crippen LogP contribution in [0.4, 0.5) is 5.69 Å². The number of benzene rings is 1. The number of hydrogen-bond acceptors (Lipinski definition) is 3. The maximum atomic E-state index is 12.8. The van der Waals surface area contributed by atoms with Gasteiger partial charge in [0.05, 0.1) is 11.8 Å². The van der Waals surface area contributed by atoms with Crippen molar-refractivity contribution in [2.75, 3.05) is 5.32 Å². The van der Waals surface area contributed by atoms with Crippen molar-refractivity contribution in [2.24, 2.45) is 23.7 Å². The Morgan fingerprint density at radius 3 is 2.24 bits per heavy atom. The number of carbonyl (C=O) groups excluding carboxylic acids is 3. The van der Waals surface area contributed by atoms with Gasteiger partial charge in [0.2, 0.25) is 17.7 Å². The van der Waals surface area contributed by atoms with Crippen LogP contribution in [0.1, 0.15) is 37.3 Å². The molecule has 5 atom stereocenters. The predicted molar refractivity (Wildman–Crippen MR) is 93.7 cm³/mol. The molecule has 2 saturated carbocycles. The van der Waals surface area contributed by atoms with Gasteiger partial charge in [-0.15, -0.1) is 0 Å². The Hall–Kier alpha value is -2.17. The van der Waals surface area contributed by atoms with Gasteiger partial charge in [-0.2, -0.15) is 0 Å². The first-order valence-corrected chi connectivity index (χ1v) is 9.13. The van der Waals surface area contributed by atoms with E-state index in [1.54, 1.807) is 6.92 Å². The Morgan fingerprint density at radius 2 is 1.68 bits per heavy atom. The maximum Gasteiger partial charge on any atom is 0.247 e. The summed E-state index contributed by atoms with van der Waals surface area (Å²) in [5.41, 5.74) is 2.93. The number of likely N-dealkylation sites (tertiary alicyclic amines) is 1. The highest BCUT2D eigenvalue weighted by molar-refractivity contribution is 6.10. The molecular formula is C20H24N2O3. The molecule has 1 aliphatic heterocycles. The van der Waals surface area contributed by atoms with Crippen molar-refractivity contribution in [1.82, 2.24) is 4.90 Å². The Bertz CT molecular complexity index is 744. The summed E-state index contributed by atoms with van der Waals surface area (Å²) in [5, 5.41) is 2.85. The van der Waals surface area contributed by atoms with Crippen molar-refractivity contribution in [3.8, 4) is 0 Å². The zero-order valence-electron chi connectivity index (χ0n) is 14.9. The second kappa shape index (κ2) is 5.68. The van der Waals surface area contributed by atoms with E-state index in [1.807, 2.05) is 32.0 Å². The van der Waals surface area contributed by atoms with Crippen molar-refractivity contribution in [1.29, 1.82) is 0 Å². The highest BCUT2D eigenvalue weighted by Gasteiger charge is 2.62. The summed E-state index contributed by atoms with van der Waals surface area (Å²) in [5.74, 6) is -0.253. The molecule has 3 amide bonds. The summed E-state index contributed by atoms with van der Waals surface area (Å²) in [4.78, 5) is 39.5. The molecular weight excluding hydrogens is 316 g/mol. The first kappa shape index (κ1) is 16.3. The lowest BCUT2D eigenvalue weighted by atomic mass is 9.81. The monoisotopic (exact) mass is 340 g/mol. The number of hydrogen-bond donors (Lipinski definition) is 1. The van der Waals surface area contributed by atoms with Crippen LogP contribution in [0.3, 0.4) is 0 Å². The van der Waals surface area contributed by atoms with Gasteiger partial charge in [0.1, 0.15) is 6.04 Å². The quantitative estimate of drug-likeness (QED) is 0.860. The standard InChI is InChI=1S/C20H24N2O3/c1-10-4-7-15(8-11(10)2)21-18(23)12(3)22-19(24)16-13-5-6-14(9-13)17(16)20(22)25/h4,7-8,12-14,16-17H,5-6,9H2,1-3H3,(H,21,23)/t12-,13-,14-,16-,17+/m0/s1.